The second kappa shape index (κ2) is 10.0. The van der Waals surface area contributed by atoms with Crippen LogP contribution in [0.25, 0.3) is 0 Å². The van der Waals surface area contributed by atoms with Gasteiger partial charge in [-0.1, -0.05) is 0 Å². The molecular formula is C29H34FN5O4S. The maximum atomic E-state index is 15.5. The molecule has 40 heavy (non-hydrogen) atoms. The van der Waals surface area contributed by atoms with Crippen molar-refractivity contribution in [3.05, 3.63) is 64.5 Å². The van der Waals surface area contributed by atoms with Crippen molar-refractivity contribution >= 4 is 33.3 Å². The molecule has 0 unspecified atom stereocenters. The number of anilines is 1. The number of nitriles is 1. The molecule has 11 heteroatoms. The first kappa shape index (κ1) is 29.2. The first-order valence-electron chi connectivity index (χ1n) is 13.0. The van der Waals surface area contributed by atoms with Gasteiger partial charge < -0.3 is 10.1 Å². The van der Waals surface area contributed by atoms with E-state index in [-0.39, 0.29) is 11.4 Å². The van der Waals surface area contributed by atoms with Gasteiger partial charge in [0.05, 0.1) is 26.6 Å². The van der Waals surface area contributed by atoms with Gasteiger partial charge in [-0.25, -0.2) is 17.8 Å². The molecule has 2 aliphatic rings. The molecular weight excluding hydrogens is 533 g/mol. The maximum Gasteiger partial charge on any atom is 0.413 e. The van der Waals surface area contributed by atoms with E-state index in [1.54, 1.807) is 66.7 Å². The summed E-state index contributed by atoms with van der Waals surface area (Å²) in [6, 6.07) is 10.9. The summed E-state index contributed by atoms with van der Waals surface area (Å²) < 4.78 is 38.8. The second-order valence-corrected chi connectivity index (χ2v) is 14.7. The zero-order chi connectivity index (χ0) is 29.7. The molecule has 0 saturated carbocycles. The minimum absolute atomic E-state index is 0.0956. The summed E-state index contributed by atoms with van der Waals surface area (Å²) in [6.07, 6.45) is -0.344. The van der Waals surface area contributed by atoms with Crippen molar-refractivity contribution in [2.24, 2.45) is 9.36 Å². The number of hydrogen-bond donors (Lipinski definition) is 2. The smallest absolute Gasteiger partial charge is 0.413 e. The molecule has 0 bridgehead atoms. The number of amides is 2. The van der Waals surface area contributed by atoms with Gasteiger partial charge in [-0.15, -0.1) is 0 Å². The van der Waals surface area contributed by atoms with E-state index in [1.807, 2.05) is 6.07 Å². The molecule has 0 aromatic heterocycles. The minimum Gasteiger partial charge on any atom is -0.444 e. The van der Waals surface area contributed by atoms with Crippen LogP contribution in [0.4, 0.5) is 14.9 Å². The molecule has 2 aliphatic heterocycles. The Bertz CT molecular complexity index is 1590. The SMILES string of the molecule is Cc1cc(C#N)ccc1C(=O)Nc1ccc(F)c([C@@]2(C)N=C(NC(=O)OC(C)(C)C)C(C)(C)[S@@]3(=O)=NCC[C@@H]23)c1. The van der Waals surface area contributed by atoms with Crippen LogP contribution in [0.3, 0.4) is 0 Å². The number of nitrogens with zero attached hydrogens (tertiary/aromatic N) is 3. The number of aliphatic imine (C=N–C) groups is 1. The van der Waals surface area contributed by atoms with Gasteiger partial charge in [0, 0.05) is 23.4 Å². The number of fused-ring (bicyclic) bond motifs is 1. The van der Waals surface area contributed by atoms with Gasteiger partial charge in [0.25, 0.3) is 5.91 Å². The molecule has 2 amide bonds. The molecule has 2 heterocycles. The van der Waals surface area contributed by atoms with Gasteiger partial charge in [-0.2, -0.15) is 5.26 Å². The summed E-state index contributed by atoms with van der Waals surface area (Å²) in [5.74, 6) is -0.924. The van der Waals surface area contributed by atoms with E-state index in [0.717, 1.165) is 0 Å². The van der Waals surface area contributed by atoms with Crippen molar-refractivity contribution in [3.8, 4) is 6.07 Å². The van der Waals surface area contributed by atoms with Crippen LogP contribution in [0.1, 0.15) is 75.0 Å². The first-order valence-corrected chi connectivity index (χ1v) is 14.5. The summed E-state index contributed by atoms with van der Waals surface area (Å²) in [4.78, 5) is 30.6. The molecule has 4 rings (SSSR count). The number of ether oxygens (including phenoxy) is 1. The number of carbonyl (C=O) groups is 2. The van der Waals surface area contributed by atoms with Gasteiger partial charge in [0.15, 0.2) is 0 Å². The number of benzene rings is 2. The number of rotatable bonds is 3. The van der Waals surface area contributed by atoms with Crippen molar-refractivity contribution in [3.63, 3.8) is 0 Å². The van der Waals surface area contributed by atoms with Crippen molar-refractivity contribution in [1.82, 2.24) is 5.32 Å². The number of carbonyl (C=O) groups excluding carboxylic acids is 2. The van der Waals surface area contributed by atoms with E-state index in [0.29, 0.717) is 35.3 Å². The van der Waals surface area contributed by atoms with Gasteiger partial charge in [0.2, 0.25) is 0 Å². The first-order chi connectivity index (χ1) is 18.5. The number of halogens is 1. The zero-order valence-corrected chi connectivity index (χ0v) is 24.5. The summed E-state index contributed by atoms with van der Waals surface area (Å²) in [5, 5.41) is 13.9. The Morgan fingerprint density at radius 2 is 1.85 bits per heavy atom. The highest BCUT2D eigenvalue weighted by molar-refractivity contribution is 7.96. The van der Waals surface area contributed by atoms with Crippen LogP contribution < -0.4 is 10.6 Å². The molecule has 0 aliphatic carbocycles. The third-order valence-corrected chi connectivity index (χ3v) is 11.0. The normalized spacial score (nSPS) is 25.1. The van der Waals surface area contributed by atoms with Crippen molar-refractivity contribution < 1.29 is 22.9 Å². The Morgan fingerprint density at radius 3 is 2.48 bits per heavy atom. The average molecular weight is 568 g/mol. The molecule has 0 radical (unpaired) electrons. The lowest BCUT2D eigenvalue weighted by atomic mass is 9.85. The van der Waals surface area contributed by atoms with Crippen LogP contribution in [0, 0.1) is 24.1 Å². The monoisotopic (exact) mass is 567 g/mol. The summed E-state index contributed by atoms with van der Waals surface area (Å²) >= 11 is 0. The highest BCUT2D eigenvalue weighted by atomic mass is 32.2. The number of nitrogens with one attached hydrogen (secondary N) is 2. The van der Waals surface area contributed by atoms with Crippen LogP contribution in [-0.4, -0.2) is 44.2 Å². The van der Waals surface area contributed by atoms with E-state index >= 15 is 4.39 Å². The average Bonchev–Trinajstić information content (AvgIpc) is 3.27. The standard InChI is InChI=1S/C29H34FN5O4S/c1-17-14-18(16-31)8-10-20(17)24(36)33-19-9-11-22(30)21(15-19)29(7)23-12-13-32-40(23,38)28(5,6)25(35-29)34-26(37)39-27(2,3)4/h8-11,14-15,23H,12-13H2,1-7H3,(H,33,36)(H,34,35,37)/t23-,29+,40+/m0/s1. The maximum absolute atomic E-state index is 15.5. The molecule has 9 nitrogen and oxygen atoms in total. The minimum atomic E-state index is -3.03. The summed E-state index contributed by atoms with van der Waals surface area (Å²) in [6.45, 7) is 12.3. The van der Waals surface area contributed by atoms with E-state index in [2.05, 4.69) is 15.0 Å². The molecule has 2 N–H and O–H groups in total. The number of hydrogen-bond acceptors (Lipinski definition) is 7. The Hall–Kier alpha value is -3.78. The molecule has 2 aromatic rings. The van der Waals surface area contributed by atoms with Crippen LogP contribution >= 0.6 is 0 Å². The molecule has 0 fully saturated rings. The van der Waals surface area contributed by atoms with E-state index < -0.39 is 48.7 Å². The Balaban J connectivity index is 1.77. The van der Waals surface area contributed by atoms with Gasteiger partial charge in [0.1, 0.15) is 27.5 Å². The topological polar surface area (TPSA) is 133 Å². The summed E-state index contributed by atoms with van der Waals surface area (Å²) in [5.41, 5.74) is -0.284. The lowest BCUT2D eigenvalue weighted by molar-refractivity contribution is 0.0560. The van der Waals surface area contributed by atoms with E-state index in [4.69, 9.17) is 15.0 Å². The predicted molar refractivity (Wildman–Crippen MR) is 152 cm³/mol. The van der Waals surface area contributed by atoms with Crippen LogP contribution in [0.5, 0.6) is 0 Å². The van der Waals surface area contributed by atoms with Crippen molar-refractivity contribution in [1.29, 1.82) is 5.26 Å². The van der Waals surface area contributed by atoms with Gasteiger partial charge in [-0.05, 0) is 96.8 Å². The van der Waals surface area contributed by atoms with Crippen LogP contribution in [-0.2, 0) is 20.0 Å². The number of aryl methyl sites for hydroxylation is 1. The van der Waals surface area contributed by atoms with E-state index in [1.165, 1.54) is 18.2 Å². The quantitative estimate of drug-likeness (QED) is 0.510. The Kier molecular flexibility index (Phi) is 7.30. The van der Waals surface area contributed by atoms with Crippen molar-refractivity contribution in [2.45, 2.75) is 76.0 Å². The molecule has 3 atom stereocenters. The third-order valence-electron chi connectivity index (χ3n) is 7.32. The van der Waals surface area contributed by atoms with Crippen LogP contribution in [0.2, 0.25) is 0 Å². The third kappa shape index (κ3) is 5.08. The predicted octanol–water partition coefficient (Wildman–Crippen LogP) is 5.43. The molecule has 212 valence electrons. The number of alkyl carbamates (subject to hydrolysis) is 1. The lowest BCUT2D eigenvalue weighted by Crippen LogP contribution is -2.60. The van der Waals surface area contributed by atoms with Crippen LogP contribution in [0.15, 0.2) is 45.8 Å². The summed E-state index contributed by atoms with van der Waals surface area (Å²) in [7, 11) is -3.03. The molecule has 0 saturated heterocycles. The molecule has 0 spiro atoms. The zero-order valence-electron chi connectivity index (χ0n) is 23.7. The molecule has 2 aromatic carbocycles. The largest absolute Gasteiger partial charge is 0.444 e. The lowest BCUT2D eigenvalue weighted by Gasteiger charge is -2.45. The van der Waals surface area contributed by atoms with Gasteiger partial charge in [-0.3, -0.25) is 15.1 Å². The fraction of sp³-hybridized carbons (Fsp3) is 0.448. The highest BCUT2D eigenvalue weighted by Crippen LogP contribution is 2.48. The Morgan fingerprint density at radius 1 is 1.15 bits per heavy atom. The Labute approximate surface area is 234 Å². The highest BCUT2D eigenvalue weighted by Gasteiger charge is 2.57. The van der Waals surface area contributed by atoms with E-state index in [9.17, 15) is 13.8 Å². The van der Waals surface area contributed by atoms with Crippen molar-refractivity contribution in [2.75, 3.05) is 11.9 Å². The fourth-order valence-corrected chi connectivity index (χ4v) is 8.42. The second-order valence-electron chi connectivity index (χ2n) is 11.7. The number of amidine groups is 1. The fourth-order valence-electron chi connectivity index (χ4n) is 5.23. The van der Waals surface area contributed by atoms with Gasteiger partial charge >= 0.3 is 6.09 Å².